The minimum atomic E-state index is -1.79. The number of rotatable bonds is 3. The highest BCUT2D eigenvalue weighted by molar-refractivity contribution is 5.94. The first-order valence-corrected chi connectivity index (χ1v) is 12.9. The smallest absolute Gasteiger partial charge is 0.335 e. The zero-order valence-corrected chi connectivity index (χ0v) is 21.2. The number of furan rings is 1. The Balaban J connectivity index is 1.49. The van der Waals surface area contributed by atoms with Crippen molar-refractivity contribution in [3.05, 3.63) is 24.2 Å². The van der Waals surface area contributed by atoms with Gasteiger partial charge in [-0.2, -0.15) is 0 Å². The van der Waals surface area contributed by atoms with Gasteiger partial charge in [0.25, 0.3) is 0 Å². The van der Waals surface area contributed by atoms with Crippen LogP contribution in [0.5, 0.6) is 0 Å². The quantitative estimate of drug-likeness (QED) is 0.497. The number of cyclic esters (lactones) is 1. The molecule has 200 valence electrons. The maximum absolute atomic E-state index is 14.2. The molecule has 1 aromatic rings. The summed E-state index contributed by atoms with van der Waals surface area (Å²) in [6.45, 7) is 5.34. The summed E-state index contributed by atoms with van der Waals surface area (Å²) < 4.78 is 22.7. The Bertz CT molecular complexity index is 1240. The molecule has 4 saturated carbocycles. The van der Waals surface area contributed by atoms with Gasteiger partial charge in [0.15, 0.2) is 11.9 Å². The lowest BCUT2D eigenvalue weighted by atomic mass is 9.45. The monoisotopic (exact) mass is 516 g/mol. The first-order valence-electron chi connectivity index (χ1n) is 12.9. The molecule has 0 unspecified atom stereocenters. The lowest BCUT2D eigenvalue weighted by Crippen LogP contribution is -2.72. The number of Topliss-reactive ketones (excluding diaryl/α,β-unsaturated/α-hetero) is 1. The summed E-state index contributed by atoms with van der Waals surface area (Å²) in [7, 11) is 1.16. The molecular weight excluding hydrogens is 484 g/mol. The van der Waals surface area contributed by atoms with Crippen molar-refractivity contribution in [1.82, 2.24) is 0 Å². The van der Waals surface area contributed by atoms with E-state index in [1.165, 1.54) is 12.5 Å². The van der Waals surface area contributed by atoms with Crippen molar-refractivity contribution in [2.75, 3.05) is 7.11 Å². The van der Waals surface area contributed by atoms with Crippen LogP contribution in [-0.4, -0.2) is 69.2 Å². The lowest BCUT2D eigenvalue weighted by Gasteiger charge is -2.63. The fourth-order valence-electron chi connectivity index (χ4n) is 10.7. The molecule has 1 aromatic heterocycles. The van der Waals surface area contributed by atoms with Gasteiger partial charge < -0.3 is 33.9 Å². The molecule has 0 aromatic carbocycles. The lowest BCUT2D eigenvalue weighted by molar-refractivity contribution is -0.295. The number of methoxy groups -OCH3 is 1. The van der Waals surface area contributed by atoms with Gasteiger partial charge in [-0.1, -0.05) is 20.8 Å². The van der Waals surface area contributed by atoms with Gasteiger partial charge in [0.1, 0.15) is 23.4 Å². The largest absolute Gasteiger partial charge is 0.472 e. The highest BCUT2D eigenvalue weighted by Gasteiger charge is 2.95. The third-order valence-corrected chi connectivity index (χ3v) is 11.9. The molecule has 6 aliphatic rings. The van der Waals surface area contributed by atoms with Crippen molar-refractivity contribution >= 4 is 17.7 Å². The van der Waals surface area contributed by atoms with Crippen LogP contribution in [0, 0.1) is 34.0 Å². The number of hydrogen-bond acceptors (Lipinski definition) is 10. The van der Waals surface area contributed by atoms with Crippen LogP contribution in [0.15, 0.2) is 23.0 Å². The van der Waals surface area contributed by atoms with Crippen molar-refractivity contribution in [3.63, 3.8) is 0 Å². The summed E-state index contributed by atoms with van der Waals surface area (Å²) in [5, 5.41) is 36.8. The van der Waals surface area contributed by atoms with Gasteiger partial charge in [0.05, 0.1) is 37.6 Å². The SMILES string of the molecule is COC(=O)[C@@H](O)[C@@H]1[C@]2(C)[C@H]3CC[C@@]4(C)[C@H](c5ccoc5)OC(=O)C[C@@]45O[C@H]4C(=O)[C@]1(C)C[C@]2(O)[C@H]4[C@@]35O. The van der Waals surface area contributed by atoms with Crippen molar-refractivity contribution in [2.45, 2.75) is 81.6 Å². The number of carbonyl (C=O) groups excluding carboxylic acids is 3. The van der Waals surface area contributed by atoms with Gasteiger partial charge in [0.2, 0.25) is 0 Å². The van der Waals surface area contributed by atoms with Crippen LogP contribution in [0.25, 0.3) is 0 Å². The Morgan fingerprint density at radius 3 is 2.59 bits per heavy atom. The average Bonchev–Trinajstić information content (AvgIpc) is 3.52. The van der Waals surface area contributed by atoms with Gasteiger partial charge in [-0.05, 0) is 31.2 Å². The zero-order valence-electron chi connectivity index (χ0n) is 21.2. The molecule has 6 fully saturated rings. The zero-order chi connectivity index (χ0) is 26.6. The van der Waals surface area contributed by atoms with E-state index in [0.29, 0.717) is 18.4 Å². The van der Waals surface area contributed by atoms with Crippen molar-refractivity contribution in [2.24, 2.45) is 34.0 Å². The second-order valence-electron chi connectivity index (χ2n) is 12.9. The Kier molecular flexibility index (Phi) is 4.17. The molecule has 3 N–H and O–H groups in total. The topological polar surface area (TPSA) is 153 Å². The third-order valence-electron chi connectivity index (χ3n) is 11.9. The summed E-state index contributed by atoms with van der Waals surface area (Å²) in [4.78, 5) is 40.1. The van der Waals surface area contributed by atoms with Gasteiger partial charge in [-0.3, -0.25) is 9.59 Å². The number of hydrogen-bond donors (Lipinski definition) is 3. The predicted octanol–water partition coefficient (Wildman–Crippen LogP) is 1.06. The van der Waals surface area contributed by atoms with Gasteiger partial charge in [-0.15, -0.1) is 0 Å². The summed E-state index contributed by atoms with van der Waals surface area (Å²) >= 11 is 0. The minimum absolute atomic E-state index is 0.0280. The molecule has 0 radical (unpaired) electrons. The van der Waals surface area contributed by atoms with Crippen molar-refractivity contribution in [1.29, 1.82) is 0 Å². The number of ketones is 1. The van der Waals surface area contributed by atoms with Crippen molar-refractivity contribution in [3.8, 4) is 0 Å². The average molecular weight is 517 g/mol. The first-order chi connectivity index (χ1) is 17.3. The van der Waals surface area contributed by atoms with E-state index in [1.54, 1.807) is 19.9 Å². The molecule has 10 nitrogen and oxygen atoms in total. The molecular formula is C27H32O10. The summed E-state index contributed by atoms with van der Waals surface area (Å²) in [5.41, 5.74) is -7.81. The van der Waals surface area contributed by atoms with Crippen LogP contribution in [0.4, 0.5) is 0 Å². The van der Waals surface area contributed by atoms with Gasteiger partial charge in [0, 0.05) is 27.7 Å². The highest BCUT2D eigenvalue weighted by Crippen LogP contribution is 2.85. The summed E-state index contributed by atoms with van der Waals surface area (Å²) in [6.07, 6.45) is -0.164. The Labute approximate surface area is 213 Å². The van der Waals surface area contributed by atoms with E-state index in [9.17, 15) is 29.7 Å². The third kappa shape index (κ3) is 2.08. The molecule has 2 bridgehead atoms. The number of fused-ring (bicyclic) bond motifs is 2. The van der Waals surface area contributed by atoms with Crippen LogP contribution in [0.2, 0.25) is 0 Å². The second-order valence-corrected chi connectivity index (χ2v) is 12.9. The molecule has 1 spiro atoms. The molecule has 10 heteroatoms. The number of esters is 2. The van der Waals surface area contributed by atoms with E-state index < -0.39 is 81.1 Å². The standard InChI is InChI=1S/C27H32O10/c1-22-11-25(32)18-16(19(22)30)37-26-9-14(28)36-20(12-6-8-35-10-12)23(26,2)7-5-13(27(18,26)33)24(25,3)17(22)15(29)21(31)34-4/h6,8,10,13,15-18,20,29,32-33H,5,7,9,11H2,1-4H3/t13-,15+,16-,17+,18+,20+,22-,23+,24+,25+,26-,27+/m1/s1. The Morgan fingerprint density at radius 1 is 1.22 bits per heavy atom. The number of aliphatic hydroxyl groups is 3. The Morgan fingerprint density at radius 2 is 1.95 bits per heavy atom. The molecule has 37 heavy (non-hydrogen) atoms. The summed E-state index contributed by atoms with van der Waals surface area (Å²) in [5.74, 6) is -4.55. The Hall–Kier alpha value is -2.27. The first kappa shape index (κ1) is 23.8. The molecule has 0 amide bonds. The van der Waals surface area contributed by atoms with E-state index in [-0.39, 0.29) is 18.6 Å². The second kappa shape index (κ2) is 6.47. The molecule has 2 aliphatic heterocycles. The molecule has 7 rings (SSSR count). The molecule has 3 heterocycles. The highest BCUT2D eigenvalue weighted by atomic mass is 16.6. The molecule has 12 atom stereocenters. The van der Waals surface area contributed by atoms with E-state index >= 15 is 0 Å². The molecule has 2 saturated heterocycles. The van der Waals surface area contributed by atoms with Crippen LogP contribution in [0.3, 0.4) is 0 Å². The fraction of sp³-hybridized carbons (Fsp3) is 0.741. The number of ether oxygens (including phenoxy) is 3. The van der Waals surface area contributed by atoms with Crippen molar-refractivity contribution < 1.29 is 48.3 Å². The van der Waals surface area contributed by atoms with Crippen LogP contribution in [-0.2, 0) is 28.6 Å². The van der Waals surface area contributed by atoms with E-state index in [0.717, 1.165) is 7.11 Å². The van der Waals surface area contributed by atoms with Crippen LogP contribution >= 0.6 is 0 Å². The van der Waals surface area contributed by atoms with E-state index in [1.807, 2.05) is 6.92 Å². The summed E-state index contributed by atoms with van der Waals surface area (Å²) in [6, 6.07) is 1.71. The number of aliphatic hydroxyl groups excluding tert-OH is 1. The van der Waals surface area contributed by atoms with E-state index in [2.05, 4.69) is 0 Å². The van der Waals surface area contributed by atoms with Crippen LogP contribution < -0.4 is 0 Å². The maximum Gasteiger partial charge on any atom is 0.335 e. The van der Waals surface area contributed by atoms with E-state index in [4.69, 9.17) is 18.6 Å². The fourth-order valence-corrected chi connectivity index (χ4v) is 10.7. The van der Waals surface area contributed by atoms with Crippen LogP contribution in [0.1, 0.15) is 58.1 Å². The molecule has 4 aliphatic carbocycles. The predicted molar refractivity (Wildman–Crippen MR) is 121 cm³/mol. The maximum atomic E-state index is 14.2. The van der Waals surface area contributed by atoms with Gasteiger partial charge in [-0.25, -0.2) is 4.79 Å². The normalized spacial score (nSPS) is 55.6. The van der Waals surface area contributed by atoms with Gasteiger partial charge >= 0.3 is 11.9 Å². The number of carbonyl (C=O) groups is 3. The minimum Gasteiger partial charge on any atom is -0.472 e.